The maximum absolute atomic E-state index is 12.8. The number of rotatable bonds is 8. The summed E-state index contributed by atoms with van der Waals surface area (Å²) in [4.78, 5) is 14.2. The number of carbonyl (C=O) groups is 1. The zero-order chi connectivity index (χ0) is 19.7. The number of benzene rings is 1. The van der Waals surface area contributed by atoms with Gasteiger partial charge in [0.05, 0.1) is 10.6 Å². The van der Waals surface area contributed by atoms with Crippen molar-refractivity contribution in [2.24, 2.45) is 0 Å². The highest BCUT2D eigenvalue weighted by molar-refractivity contribution is 6.31. The first-order chi connectivity index (χ1) is 12.2. The lowest BCUT2D eigenvalue weighted by molar-refractivity contribution is -0.137. The summed E-state index contributed by atoms with van der Waals surface area (Å²) in [7, 11) is 0. The molecule has 0 fully saturated rings. The van der Waals surface area contributed by atoms with Crippen LogP contribution in [0.5, 0.6) is 0 Å². The van der Waals surface area contributed by atoms with E-state index in [0.717, 1.165) is 31.8 Å². The predicted molar refractivity (Wildman–Crippen MR) is 94.6 cm³/mol. The third kappa shape index (κ3) is 6.58. The Hall–Kier alpha value is -2.24. The monoisotopic (exact) mass is 388 g/mol. The molecule has 1 aromatic carbocycles. The number of nitrogens with one attached hydrogen (secondary N) is 2. The quantitative estimate of drug-likeness (QED) is 0.405. The van der Waals surface area contributed by atoms with Crippen molar-refractivity contribution in [1.82, 2.24) is 10.2 Å². The summed E-state index contributed by atoms with van der Waals surface area (Å²) in [6.07, 6.45) is -3.39. The van der Waals surface area contributed by atoms with Crippen molar-refractivity contribution < 1.29 is 18.0 Å². The number of amides is 1. The topological polar surface area (TPSA) is 68.2 Å². The minimum atomic E-state index is -4.64. The molecule has 0 aromatic heterocycles. The third-order valence-electron chi connectivity index (χ3n) is 3.61. The summed E-state index contributed by atoms with van der Waals surface area (Å²) in [5.41, 5.74) is -1.40. The molecule has 0 unspecified atom stereocenters. The molecule has 0 aliphatic carbocycles. The van der Waals surface area contributed by atoms with Crippen LogP contribution in [0.1, 0.15) is 19.4 Å². The van der Waals surface area contributed by atoms with Crippen molar-refractivity contribution in [2.45, 2.75) is 20.0 Å². The molecule has 142 valence electrons. The number of halogens is 4. The number of carbonyl (C=O) groups excluding carboxylic acids is 1. The molecule has 1 amide bonds. The lowest BCUT2D eigenvalue weighted by atomic mass is 10.2. The van der Waals surface area contributed by atoms with Gasteiger partial charge in [-0.05, 0) is 31.3 Å². The van der Waals surface area contributed by atoms with E-state index in [1.54, 1.807) is 6.07 Å². The summed E-state index contributed by atoms with van der Waals surface area (Å²) >= 11 is 5.53. The lowest BCUT2D eigenvalue weighted by Gasteiger charge is -2.17. The van der Waals surface area contributed by atoms with E-state index in [1.807, 2.05) is 13.8 Å². The van der Waals surface area contributed by atoms with E-state index in [-0.39, 0.29) is 11.3 Å². The van der Waals surface area contributed by atoms with E-state index < -0.39 is 22.7 Å². The smallest absolute Gasteiger partial charge is 0.388 e. The molecule has 1 rings (SSSR count). The first-order valence-electron chi connectivity index (χ1n) is 7.97. The largest absolute Gasteiger partial charge is 0.417 e. The number of alkyl halides is 3. The average molecular weight is 389 g/mol. The second-order valence-corrected chi connectivity index (χ2v) is 5.70. The van der Waals surface area contributed by atoms with Gasteiger partial charge in [0, 0.05) is 25.0 Å². The Morgan fingerprint density at radius 2 is 2.00 bits per heavy atom. The van der Waals surface area contributed by atoms with Crippen LogP contribution in [0.15, 0.2) is 30.0 Å². The molecule has 0 radical (unpaired) electrons. The van der Waals surface area contributed by atoms with Gasteiger partial charge in [-0.25, -0.2) is 0 Å². The predicted octanol–water partition coefficient (Wildman–Crippen LogP) is 3.64. The highest BCUT2D eigenvalue weighted by Crippen LogP contribution is 2.36. The Morgan fingerprint density at radius 3 is 2.54 bits per heavy atom. The van der Waals surface area contributed by atoms with Crippen LogP contribution in [0.25, 0.3) is 0 Å². The summed E-state index contributed by atoms with van der Waals surface area (Å²) < 4.78 is 38.5. The highest BCUT2D eigenvalue weighted by Gasteiger charge is 2.33. The molecule has 1 aromatic rings. The standard InChI is InChI=1S/C17H20ClF3N4O/c1-3-25(4-2)8-7-23-11-12(10-22)16(26)24-13-5-6-15(18)14(9-13)17(19,20)21/h5-6,9,11,23H,3-4,7-8H2,1-2H3,(H,24,26)/b12-11-. The van der Waals surface area contributed by atoms with Gasteiger partial charge in [0.1, 0.15) is 11.6 Å². The van der Waals surface area contributed by atoms with Gasteiger partial charge in [-0.2, -0.15) is 18.4 Å². The van der Waals surface area contributed by atoms with Crippen molar-refractivity contribution in [3.63, 3.8) is 0 Å². The van der Waals surface area contributed by atoms with Gasteiger partial charge in [-0.3, -0.25) is 4.79 Å². The Morgan fingerprint density at radius 1 is 1.35 bits per heavy atom. The minimum absolute atomic E-state index is 0.101. The fourth-order valence-electron chi connectivity index (χ4n) is 2.10. The van der Waals surface area contributed by atoms with E-state index in [0.29, 0.717) is 6.54 Å². The minimum Gasteiger partial charge on any atom is -0.388 e. The molecule has 0 aliphatic heterocycles. The number of hydrogen-bond acceptors (Lipinski definition) is 4. The van der Waals surface area contributed by atoms with Crippen molar-refractivity contribution in [3.8, 4) is 6.07 Å². The first kappa shape index (κ1) is 21.8. The average Bonchev–Trinajstić information content (AvgIpc) is 2.59. The molecular weight excluding hydrogens is 369 g/mol. The molecule has 9 heteroatoms. The van der Waals surface area contributed by atoms with Gasteiger partial charge in [0.25, 0.3) is 5.91 Å². The zero-order valence-corrected chi connectivity index (χ0v) is 15.2. The first-order valence-corrected chi connectivity index (χ1v) is 8.34. The molecule has 0 saturated heterocycles. The van der Waals surface area contributed by atoms with Crippen LogP contribution in [-0.2, 0) is 11.0 Å². The van der Waals surface area contributed by atoms with Gasteiger partial charge in [-0.1, -0.05) is 25.4 Å². The normalized spacial score (nSPS) is 12.0. The molecule has 0 heterocycles. The number of hydrogen-bond donors (Lipinski definition) is 2. The zero-order valence-electron chi connectivity index (χ0n) is 14.5. The van der Waals surface area contributed by atoms with Crippen LogP contribution in [0.3, 0.4) is 0 Å². The molecule has 0 aliphatic rings. The van der Waals surface area contributed by atoms with E-state index in [1.165, 1.54) is 12.3 Å². The summed E-state index contributed by atoms with van der Waals surface area (Å²) in [5.74, 6) is -0.807. The van der Waals surface area contributed by atoms with Gasteiger partial charge in [0.2, 0.25) is 0 Å². The Balaban J connectivity index is 2.76. The number of anilines is 1. The molecule has 2 N–H and O–H groups in total. The van der Waals surface area contributed by atoms with Gasteiger partial charge < -0.3 is 15.5 Å². The van der Waals surface area contributed by atoms with Crippen LogP contribution >= 0.6 is 11.6 Å². The second-order valence-electron chi connectivity index (χ2n) is 5.30. The van der Waals surface area contributed by atoms with Gasteiger partial charge >= 0.3 is 6.18 Å². The van der Waals surface area contributed by atoms with Crippen molar-refractivity contribution >= 4 is 23.2 Å². The van der Waals surface area contributed by atoms with Crippen molar-refractivity contribution in [3.05, 3.63) is 40.6 Å². The number of likely N-dealkylation sites (N-methyl/N-ethyl adjacent to an activating group) is 1. The molecular formula is C17H20ClF3N4O. The SMILES string of the molecule is CCN(CC)CCN/C=C(/C#N)C(=O)Nc1ccc(Cl)c(C(F)(F)F)c1. The molecule has 0 spiro atoms. The van der Waals surface area contributed by atoms with Crippen LogP contribution in [-0.4, -0.2) is 37.0 Å². The van der Waals surface area contributed by atoms with E-state index in [9.17, 15) is 18.0 Å². The van der Waals surface area contributed by atoms with Crippen LogP contribution < -0.4 is 10.6 Å². The van der Waals surface area contributed by atoms with Crippen molar-refractivity contribution in [2.75, 3.05) is 31.5 Å². The van der Waals surface area contributed by atoms with E-state index in [2.05, 4.69) is 15.5 Å². The van der Waals surface area contributed by atoms with Crippen molar-refractivity contribution in [1.29, 1.82) is 5.26 Å². The van der Waals surface area contributed by atoms with Crippen LogP contribution in [0, 0.1) is 11.3 Å². The van der Waals surface area contributed by atoms with Crippen LogP contribution in [0.4, 0.5) is 18.9 Å². The van der Waals surface area contributed by atoms with E-state index in [4.69, 9.17) is 16.9 Å². The van der Waals surface area contributed by atoms with Gasteiger partial charge in [0.15, 0.2) is 0 Å². The maximum Gasteiger partial charge on any atom is 0.417 e. The fourth-order valence-corrected chi connectivity index (χ4v) is 2.33. The van der Waals surface area contributed by atoms with Crippen LogP contribution in [0.2, 0.25) is 5.02 Å². The highest BCUT2D eigenvalue weighted by atomic mass is 35.5. The number of nitrogens with zero attached hydrogens (tertiary/aromatic N) is 2. The molecule has 0 saturated carbocycles. The molecule has 5 nitrogen and oxygen atoms in total. The fraction of sp³-hybridized carbons (Fsp3) is 0.412. The number of nitriles is 1. The second kappa shape index (κ2) is 10.0. The lowest BCUT2D eigenvalue weighted by Crippen LogP contribution is -2.30. The van der Waals surface area contributed by atoms with E-state index >= 15 is 0 Å². The summed E-state index contributed by atoms with van der Waals surface area (Å²) in [6.45, 7) is 7.07. The Labute approximate surface area is 155 Å². The maximum atomic E-state index is 12.8. The molecule has 0 bridgehead atoms. The Bertz CT molecular complexity index is 694. The molecule has 26 heavy (non-hydrogen) atoms. The summed E-state index contributed by atoms with van der Waals surface area (Å²) in [5, 5.41) is 13.7. The third-order valence-corrected chi connectivity index (χ3v) is 3.94. The van der Waals surface area contributed by atoms with Gasteiger partial charge in [-0.15, -0.1) is 0 Å². The Kier molecular flexibility index (Phi) is 8.42. The summed E-state index contributed by atoms with van der Waals surface area (Å²) in [6, 6.07) is 4.72. The molecule has 0 atom stereocenters.